The van der Waals surface area contributed by atoms with Crippen molar-refractivity contribution in [3.63, 3.8) is 0 Å². The standard InChI is InChI=1S/C33H40ClN3O4/c1-22-28(29-18-23(21-38)12-17-30(29)37(22)33(41)24-13-15-25(34)16-14-24)19-32(40)36(27-10-6-3-7-11-27)20-31(39)35-26-8-4-2-5-9-26/h12-18,26-27,38H,2-11,19-21H2,1H3,(H,35,39). The van der Waals surface area contributed by atoms with Crippen LogP contribution in [0.1, 0.15) is 91.4 Å². The second-order valence-electron chi connectivity index (χ2n) is 11.6. The van der Waals surface area contributed by atoms with E-state index in [2.05, 4.69) is 5.32 Å². The van der Waals surface area contributed by atoms with Crippen molar-refractivity contribution in [1.29, 1.82) is 0 Å². The fraction of sp³-hybridized carbons (Fsp3) is 0.485. The van der Waals surface area contributed by atoms with Crippen LogP contribution in [-0.2, 0) is 22.6 Å². The van der Waals surface area contributed by atoms with Gasteiger partial charge in [0.1, 0.15) is 0 Å². The first kappa shape index (κ1) is 29.3. The number of hydrogen-bond acceptors (Lipinski definition) is 4. The molecule has 0 saturated heterocycles. The van der Waals surface area contributed by atoms with Gasteiger partial charge in [0.15, 0.2) is 0 Å². The molecule has 2 fully saturated rings. The first-order valence-electron chi connectivity index (χ1n) is 15.0. The Morgan fingerprint density at radius 3 is 2.27 bits per heavy atom. The second kappa shape index (κ2) is 13.2. The van der Waals surface area contributed by atoms with Crippen LogP contribution < -0.4 is 5.32 Å². The van der Waals surface area contributed by atoms with Gasteiger partial charge in [0.2, 0.25) is 11.8 Å². The predicted octanol–water partition coefficient (Wildman–Crippen LogP) is 5.94. The highest BCUT2D eigenvalue weighted by atomic mass is 35.5. The maximum absolute atomic E-state index is 14.1. The summed E-state index contributed by atoms with van der Waals surface area (Å²) in [6, 6.07) is 12.5. The molecular weight excluding hydrogens is 538 g/mol. The van der Waals surface area contributed by atoms with Gasteiger partial charge in [0, 0.05) is 33.7 Å². The molecule has 1 aromatic heterocycles. The summed E-state index contributed by atoms with van der Waals surface area (Å²) >= 11 is 6.06. The normalized spacial score (nSPS) is 16.6. The van der Waals surface area contributed by atoms with Crippen molar-refractivity contribution in [1.82, 2.24) is 14.8 Å². The topological polar surface area (TPSA) is 91.6 Å². The Morgan fingerprint density at radius 1 is 0.951 bits per heavy atom. The number of aliphatic hydroxyl groups is 1. The minimum atomic E-state index is -0.212. The Labute approximate surface area is 246 Å². The third kappa shape index (κ3) is 6.68. The molecule has 2 saturated carbocycles. The van der Waals surface area contributed by atoms with Gasteiger partial charge in [-0.1, -0.05) is 56.2 Å². The number of nitrogens with zero attached hydrogens (tertiary/aromatic N) is 2. The van der Waals surface area contributed by atoms with Gasteiger partial charge in [-0.25, -0.2) is 0 Å². The molecule has 7 nitrogen and oxygen atoms in total. The lowest BCUT2D eigenvalue weighted by Gasteiger charge is -2.35. The number of hydrogen-bond donors (Lipinski definition) is 2. The average molecular weight is 578 g/mol. The van der Waals surface area contributed by atoms with E-state index in [1.165, 1.54) is 6.42 Å². The minimum absolute atomic E-state index is 0.0331. The maximum Gasteiger partial charge on any atom is 0.262 e. The van der Waals surface area contributed by atoms with E-state index >= 15 is 0 Å². The Kier molecular flexibility index (Phi) is 9.46. The number of halogens is 1. The molecule has 0 bridgehead atoms. The molecule has 3 aromatic rings. The molecule has 0 unspecified atom stereocenters. The van der Waals surface area contributed by atoms with E-state index in [1.807, 2.05) is 19.1 Å². The molecule has 5 rings (SSSR count). The highest BCUT2D eigenvalue weighted by Crippen LogP contribution is 2.31. The van der Waals surface area contributed by atoms with Crippen molar-refractivity contribution in [2.75, 3.05) is 6.54 Å². The van der Waals surface area contributed by atoms with E-state index in [1.54, 1.807) is 39.8 Å². The summed E-state index contributed by atoms with van der Waals surface area (Å²) in [6.45, 7) is 1.77. The van der Waals surface area contributed by atoms with Gasteiger partial charge in [-0.15, -0.1) is 0 Å². The van der Waals surface area contributed by atoms with E-state index in [9.17, 15) is 19.5 Å². The first-order chi connectivity index (χ1) is 19.9. The van der Waals surface area contributed by atoms with Crippen molar-refractivity contribution >= 4 is 40.2 Å². The lowest BCUT2D eigenvalue weighted by Crippen LogP contribution is -2.49. The summed E-state index contributed by atoms with van der Waals surface area (Å²) in [5.74, 6) is -0.405. The molecule has 2 N–H and O–H groups in total. The summed E-state index contributed by atoms with van der Waals surface area (Å²) in [4.78, 5) is 42.7. The number of carbonyl (C=O) groups is 3. The summed E-state index contributed by atoms with van der Waals surface area (Å²) in [6.07, 6.45) is 10.6. The molecule has 2 aliphatic rings. The SMILES string of the molecule is Cc1c(CC(=O)N(CC(=O)NC2CCCCC2)C2CCCCC2)c2cc(CO)ccc2n1C(=O)c1ccc(Cl)cc1. The number of carbonyl (C=O) groups excluding carboxylic acids is 3. The van der Waals surface area contributed by atoms with Crippen LogP contribution in [0.3, 0.4) is 0 Å². The summed E-state index contributed by atoms with van der Waals surface area (Å²) < 4.78 is 1.64. The van der Waals surface area contributed by atoms with E-state index < -0.39 is 0 Å². The van der Waals surface area contributed by atoms with Crippen LogP contribution in [0.5, 0.6) is 0 Å². The Hall–Kier alpha value is -3.16. The molecule has 0 spiro atoms. The molecule has 0 aliphatic heterocycles. The Bertz CT molecular complexity index is 1400. The minimum Gasteiger partial charge on any atom is -0.392 e. The third-order valence-corrected chi connectivity index (χ3v) is 9.08. The van der Waals surface area contributed by atoms with Crippen LogP contribution in [-0.4, -0.2) is 50.9 Å². The zero-order chi connectivity index (χ0) is 28.9. The molecule has 0 atom stereocenters. The lowest BCUT2D eigenvalue weighted by atomic mass is 9.93. The molecule has 1 heterocycles. The number of aromatic nitrogens is 1. The summed E-state index contributed by atoms with van der Waals surface area (Å²) in [5, 5.41) is 14.3. The van der Waals surface area contributed by atoms with Crippen molar-refractivity contribution in [2.24, 2.45) is 0 Å². The lowest BCUT2D eigenvalue weighted by molar-refractivity contribution is -0.138. The van der Waals surface area contributed by atoms with Crippen molar-refractivity contribution in [2.45, 2.75) is 96.2 Å². The van der Waals surface area contributed by atoms with Crippen molar-refractivity contribution in [3.8, 4) is 0 Å². The maximum atomic E-state index is 14.1. The average Bonchev–Trinajstić information content (AvgIpc) is 3.26. The molecule has 218 valence electrons. The summed E-state index contributed by atoms with van der Waals surface area (Å²) in [5.41, 5.74) is 3.30. The zero-order valence-electron chi connectivity index (χ0n) is 23.8. The molecule has 0 radical (unpaired) electrons. The van der Waals surface area contributed by atoms with Gasteiger partial charge in [-0.3, -0.25) is 19.0 Å². The van der Waals surface area contributed by atoms with Gasteiger partial charge in [-0.05, 0) is 80.1 Å². The largest absolute Gasteiger partial charge is 0.392 e. The molecule has 2 aliphatic carbocycles. The number of nitrogens with one attached hydrogen (secondary N) is 1. The highest BCUT2D eigenvalue weighted by molar-refractivity contribution is 6.30. The quantitative estimate of drug-likeness (QED) is 0.347. The van der Waals surface area contributed by atoms with Gasteiger partial charge >= 0.3 is 0 Å². The Balaban J connectivity index is 1.46. The fourth-order valence-electron chi connectivity index (χ4n) is 6.58. The van der Waals surface area contributed by atoms with Gasteiger partial charge in [0.05, 0.1) is 25.1 Å². The van der Waals surface area contributed by atoms with Gasteiger partial charge in [-0.2, -0.15) is 0 Å². The number of aliphatic hydroxyl groups excluding tert-OH is 1. The van der Waals surface area contributed by atoms with Crippen LogP contribution >= 0.6 is 11.6 Å². The zero-order valence-corrected chi connectivity index (χ0v) is 24.6. The number of fused-ring (bicyclic) bond motifs is 1. The van der Waals surface area contributed by atoms with Gasteiger partial charge in [0.25, 0.3) is 5.91 Å². The van der Waals surface area contributed by atoms with Crippen LogP contribution in [0.15, 0.2) is 42.5 Å². The third-order valence-electron chi connectivity index (χ3n) is 8.82. The molecule has 2 aromatic carbocycles. The number of rotatable bonds is 8. The monoisotopic (exact) mass is 577 g/mol. The van der Waals surface area contributed by atoms with E-state index in [0.29, 0.717) is 27.4 Å². The first-order valence-corrected chi connectivity index (χ1v) is 15.4. The van der Waals surface area contributed by atoms with Crippen molar-refractivity contribution < 1.29 is 19.5 Å². The smallest absolute Gasteiger partial charge is 0.262 e. The van der Waals surface area contributed by atoms with Gasteiger partial charge < -0.3 is 15.3 Å². The van der Waals surface area contributed by atoms with E-state index in [-0.39, 0.29) is 49.4 Å². The summed E-state index contributed by atoms with van der Waals surface area (Å²) in [7, 11) is 0. The Morgan fingerprint density at radius 2 is 1.61 bits per heavy atom. The van der Waals surface area contributed by atoms with Crippen LogP contribution in [0, 0.1) is 6.92 Å². The van der Waals surface area contributed by atoms with Crippen LogP contribution in [0.25, 0.3) is 10.9 Å². The van der Waals surface area contributed by atoms with Crippen LogP contribution in [0.4, 0.5) is 0 Å². The second-order valence-corrected chi connectivity index (χ2v) is 12.1. The molecule has 2 amide bonds. The molecular formula is C33H40ClN3O4. The van der Waals surface area contributed by atoms with Crippen molar-refractivity contribution in [3.05, 3.63) is 69.9 Å². The van der Waals surface area contributed by atoms with E-state index in [0.717, 1.165) is 68.7 Å². The van der Waals surface area contributed by atoms with Crippen LogP contribution in [0.2, 0.25) is 5.02 Å². The number of benzene rings is 2. The molecule has 8 heteroatoms. The molecule has 41 heavy (non-hydrogen) atoms. The van der Waals surface area contributed by atoms with E-state index in [4.69, 9.17) is 11.6 Å². The fourth-order valence-corrected chi connectivity index (χ4v) is 6.70. The predicted molar refractivity (Wildman–Crippen MR) is 161 cm³/mol. The number of amides is 2. The highest BCUT2D eigenvalue weighted by Gasteiger charge is 2.30.